The van der Waals surface area contributed by atoms with Crippen molar-refractivity contribution >= 4 is 33.5 Å². The van der Waals surface area contributed by atoms with Gasteiger partial charge in [-0.3, -0.25) is 19.2 Å². The lowest BCUT2D eigenvalue weighted by Crippen LogP contribution is -2.39. The Bertz CT molecular complexity index is 1320. The average Bonchev–Trinajstić information content (AvgIpc) is 2.84. The molecule has 3 rings (SSSR count). The molecule has 3 aromatic carbocycles. The maximum Gasteiger partial charge on any atom is 0.270 e. The molecule has 0 saturated carbocycles. The average molecular weight is 497 g/mol. The van der Waals surface area contributed by atoms with Crippen molar-refractivity contribution in [3.8, 4) is 5.75 Å². The Kier molecular flexibility index (Phi) is 8.16. The molecule has 0 saturated heterocycles. The summed E-state index contributed by atoms with van der Waals surface area (Å²) in [5, 5.41) is 14.7. The van der Waals surface area contributed by atoms with Crippen LogP contribution in [0, 0.1) is 17.0 Å². The highest BCUT2D eigenvalue weighted by Crippen LogP contribution is 2.25. The second-order valence-electron chi connectivity index (χ2n) is 7.40. The lowest BCUT2D eigenvalue weighted by atomic mass is 10.2. The number of hydrazone groups is 1. The third-order valence-electron chi connectivity index (χ3n) is 4.82. The molecule has 0 spiro atoms. The summed E-state index contributed by atoms with van der Waals surface area (Å²) in [4.78, 5) is 23.0. The smallest absolute Gasteiger partial charge is 0.270 e. The van der Waals surface area contributed by atoms with Crippen molar-refractivity contribution in [3.05, 3.63) is 94.0 Å². The Hall–Kier alpha value is -4.25. The highest BCUT2D eigenvalue weighted by molar-refractivity contribution is 7.92. The quantitative estimate of drug-likeness (QED) is 0.259. The lowest BCUT2D eigenvalue weighted by Gasteiger charge is -2.24. The number of nitrogens with zero attached hydrogens (tertiary/aromatic N) is 3. The molecule has 1 amide bonds. The SMILES string of the molecule is CCOc1ccc(S(=O)(=O)N(CC(=O)N/N=C/c2cccc([N+](=O)[O-])c2)c2ccc(C)cc2)cc1. The monoisotopic (exact) mass is 496 g/mol. The normalized spacial score (nSPS) is 11.3. The Morgan fingerprint density at radius 3 is 2.43 bits per heavy atom. The lowest BCUT2D eigenvalue weighted by molar-refractivity contribution is -0.384. The summed E-state index contributed by atoms with van der Waals surface area (Å²) in [5.74, 6) is -0.164. The van der Waals surface area contributed by atoms with Crippen LogP contribution in [0.3, 0.4) is 0 Å². The predicted octanol–water partition coefficient (Wildman–Crippen LogP) is 3.65. The van der Waals surface area contributed by atoms with Gasteiger partial charge < -0.3 is 4.74 Å². The van der Waals surface area contributed by atoms with E-state index in [-0.39, 0.29) is 10.6 Å². The van der Waals surface area contributed by atoms with Gasteiger partial charge in [0.2, 0.25) is 0 Å². The van der Waals surface area contributed by atoms with Gasteiger partial charge in [0, 0.05) is 17.7 Å². The van der Waals surface area contributed by atoms with Gasteiger partial charge in [-0.05, 0) is 50.2 Å². The van der Waals surface area contributed by atoms with Gasteiger partial charge in [0.1, 0.15) is 12.3 Å². The van der Waals surface area contributed by atoms with E-state index in [0.29, 0.717) is 23.6 Å². The summed E-state index contributed by atoms with van der Waals surface area (Å²) in [5.41, 5.74) is 3.79. The Morgan fingerprint density at radius 2 is 1.80 bits per heavy atom. The van der Waals surface area contributed by atoms with E-state index in [4.69, 9.17) is 4.74 Å². The Labute approximate surface area is 203 Å². The first kappa shape index (κ1) is 25.4. The molecule has 182 valence electrons. The van der Waals surface area contributed by atoms with Gasteiger partial charge in [0.25, 0.3) is 21.6 Å². The number of ether oxygens (including phenoxy) is 1. The summed E-state index contributed by atoms with van der Waals surface area (Å²) in [6, 6.07) is 18.3. The molecule has 3 aromatic rings. The van der Waals surface area contributed by atoms with Gasteiger partial charge >= 0.3 is 0 Å². The van der Waals surface area contributed by atoms with Crippen molar-refractivity contribution < 1.29 is 22.9 Å². The molecule has 0 aliphatic heterocycles. The summed E-state index contributed by atoms with van der Waals surface area (Å²) in [6.45, 7) is 3.60. The molecule has 0 aliphatic rings. The number of nitro groups is 1. The zero-order valence-corrected chi connectivity index (χ0v) is 19.9. The van der Waals surface area contributed by atoms with Crippen LogP contribution in [0.25, 0.3) is 0 Å². The molecule has 35 heavy (non-hydrogen) atoms. The number of hydrogen-bond acceptors (Lipinski definition) is 7. The number of sulfonamides is 1. The van der Waals surface area contributed by atoms with Crippen LogP contribution < -0.4 is 14.5 Å². The minimum Gasteiger partial charge on any atom is -0.494 e. The van der Waals surface area contributed by atoms with Crippen LogP contribution in [-0.4, -0.2) is 38.6 Å². The first-order chi connectivity index (χ1) is 16.7. The van der Waals surface area contributed by atoms with Crippen molar-refractivity contribution in [2.75, 3.05) is 17.5 Å². The van der Waals surface area contributed by atoms with Crippen molar-refractivity contribution in [1.82, 2.24) is 5.43 Å². The number of carbonyl (C=O) groups is 1. The molecule has 10 nitrogen and oxygen atoms in total. The van der Waals surface area contributed by atoms with Crippen LogP contribution in [0.4, 0.5) is 11.4 Å². The highest BCUT2D eigenvalue weighted by Gasteiger charge is 2.27. The second-order valence-corrected chi connectivity index (χ2v) is 9.26. The van der Waals surface area contributed by atoms with Crippen molar-refractivity contribution in [2.45, 2.75) is 18.7 Å². The third kappa shape index (κ3) is 6.64. The van der Waals surface area contributed by atoms with Gasteiger partial charge in [-0.15, -0.1) is 0 Å². The first-order valence-corrected chi connectivity index (χ1v) is 12.0. The predicted molar refractivity (Wildman–Crippen MR) is 132 cm³/mol. The van der Waals surface area contributed by atoms with E-state index in [1.807, 2.05) is 13.8 Å². The number of rotatable bonds is 10. The summed E-state index contributed by atoms with van der Waals surface area (Å²) in [6.07, 6.45) is 1.24. The number of nitro benzene ring substituents is 1. The minimum atomic E-state index is -4.10. The van der Waals surface area contributed by atoms with Gasteiger partial charge in [0.15, 0.2) is 0 Å². The van der Waals surface area contributed by atoms with E-state index in [9.17, 15) is 23.3 Å². The molecule has 0 atom stereocenters. The topological polar surface area (TPSA) is 131 Å². The van der Waals surface area contributed by atoms with Gasteiger partial charge in [0.05, 0.1) is 28.3 Å². The minimum absolute atomic E-state index is 0.00516. The molecule has 0 fully saturated rings. The number of benzene rings is 3. The van der Waals surface area contributed by atoms with E-state index < -0.39 is 27.4 Å². The largest absolute Gasteiger partial charge is 0.494 e. The Balaban J connectivity index is 1.82. The number of amides is 1. The maximum absolute atomic E-state index is 13.4. The standard InChI is InChI=1S/C24H24N4O6S/c1-3-34-22-11-13-23(14-12-22)35(32,33)27(20-9-7-18(2)8-10-20)17-24(29)26-25-16-19-5-4-6-21(15-19)28(30)31/h4-16H,3,17H2,1-2H3,(H,26,29)/b25-16+. The molecular formula is C24H24N4O6S. The highest BCUT2D eigenvalue weighted by atomic mass is 32.2. The van der Waals surface area contributed by atoms with Crippen molar-refractivity contribution in [3.63, 3.8) is 0 Å². The zero-order valence-electron chi connectivity index (χ0n) is 19.1. The number of aryl methyl sites for hydroxylation is 1. The van der Waals surface area contributed by atoms with Crippen LogP contribution >= 0.6 is 0 Å². The van der Waals surface area contributed by atoms with E-state index >= 15 is 0 Å². The van der Waals surface area contributed by atoms with E-state index in [1.165, 1.54) is 36.5 Å². The van der Waals surface area contributed by atoms with E-state index in [1.54, 1.807) is 42.5 Å². The zero-order chi connectivity index (χ0) is 25.4. The fourth-order valence-electron chi connectivity index (χ4n) is 3.09. The van der Waals surface area contributed by atoms with E-state index in [0.717, 1.165) is 9.87 Å². The van der Waals surface area contributed by atoms with E-state index in [2.05, 4.69) is 10.5 Å². The summed E-state index contributed by atoms with van der Waals surface area (Å²) in [7, 11) is -4.10. The van der Waals surface area contributed by atoms with Crippen molar-refractivity contribution in [2.24, 2.45) is 5.10 Å². The van der Waals surface area contributed by atoms with Crippen LogP contribution in [-0.2, 0) is 14.8 Å². The van der Waals surface area contributed by atoms with Gasteiger partial charge in [-0.1, -0.05) is 29.8 Å². The van der Waals surface area contributed by atoms with Gasteiger partial charge in [-0.2, -0.15) is 5.10 Å². The maximum atomic E-state index is 13.4. The number of carbonyl (C=O) groups excluding carboxylic acids is 1. The fraction of sp³-hybridized carbons (Fsp3) is 0.167. The van der Waals surface area contributed by atoms with Crippen LogP contribution in [0.5, 0.6) is 5.75 Å². The number of hydrogen-bond donors (Lipinski definition) is 1. The first-order valence-electron chi connectivity index (χ1n) is 10.6. The fourth-order valence-corrected chi connectivity index (χ4v) is 4.51. The number of non-ortho nitro benzene ring substituents is 1. The van der Waals surface area contributed by atoms with Crippen LogP contribution in [0.1, 0.15) is 18.1 Å². The third-order valence-corrected chi connectivity index (χ3v) is 6.60. The molecule has 0 unspecified atom stereocenters. The summed E-state index contributed by atoms with van der Waals surface area (Å²) >= 11 is 0. The van der Waals surface area contributed by atoms with Crippen LogP contribution in [0.2, 0.25) is 0 Å². The molecular weight excluding hydrogens is 472 g/mol. The Morgan fingerprint density at radius 1 is 1.11 bits per heavy atom. The molecule has 0 radical (unpaired) electrons. The molecule has 1 N–H and O–H groups in total. The molecule has 0 bridgehead atoms. The number of nitrogens with one attached hydrogen (secondary N) is 1. The second kappa shape index (κ2) is 11.3. The van der Waals surface area contributed by atoms with Gasteiger partial charge in [-0.25, -0.2) is 13.8 Å². The number of anilines is 1. The van der Waals surface area contributed by atoms with Crippen molar-refractivity contribution in [1.29, 1.82) is 0 Å². The molecule has 11 heteroatoms. The molecule has 0 aromatic heterocycles. The molecule has 0 aliphatic carbocycles. The summed E-state index contributed by atoms with van der Waals surface area (Å²) < 4.78 is 33.2. The van der Waals surface area contributed by atoms with Crippen LogP contribution in [0.15, 0.2) is 82.8 Å². The molecule has 0 heterocycles.